The van der Waals surface area contributed by atoms with Crippen molar-refractivity contribution in [1.82, 2.24) is 20.1 Å². The van der Waals surface area contributed by atoms with Gasteiger partial charge in [0.05, 0.1) is 11.8 Å². The van der Waals surface area contributed by atoms with Crippen LogP contribution in [0.5, 0.6) is 0 Å². The Balaban J connectivity index is 1.85. The number of fused-ring (bicyclic) bond motifs is 1. The van der Waals surface area contributed by atoms with E-state index in [4.69, 9.17) is 0 Å². The minimum atomic E-state index is -0.153. The summed E-state index contributed by atoms with van der Waals surface area (Å²) in [5.74, 6) is 0.552. The first-order chi connectivity index (χ1) is 11.4. The van der Waals surface area contributed by atoms with Gasteiger partial charge in [0.2, 0.25) is 5.91 Å². The van der Waals surface area contributed by atoms with Gasteiger partial charge in [-0.05, 0) is 43.7 Å². The summed E-state index contributed by atoms with van der Waals surface area (Å²) in [6, 6.07) is 0.267. The van der Waals surface area contributed by atoms with E-state index in [1.807, 2.05) is 13.8 Å². The lowest BCUT2D eigenvalue weighted by Gasteiger charge is -2.29. The van der Waals surface area contributed by atoms with E-state index in [-0.39, 0.29) is 23.9 Å². The zero-order valence-electron chi connectivity index (χ0n) is 14.9. The molecule has 2 aromatic rings. The molecular weight excluding hydrogens is 304 g/mol. The summed E-state index contributed by atoms with van der Waals surface area (Å²) in [6.45, 7) is 6.01. The van der Waals surface area contributed by atoms with Gasteiger partial charge in [-0.15, -0.1) is 0 Å². The van der Waals surface area contributed by atoms with Gasteiger partial charge in [0.25, 0.3) is 5.56 Å². The molecule has 1 aliphatic rings. The monoisotopic (exact) mass is 330 g/mol. The normalized spacial score (nSPS) is 21.2. The minimum absolute atomic E-state index is 0.0217. The molecule has 1 amide bonds. The van der Waals surface area contributed by atoms with E-state index < -0.39 is 0 Å². The summed E-state index contributed by atoms with van der Waals surface area (Å²) in [6.07, 6.45) is 4.94. The molecule has 1 saturated carbocycles. The number of amides is 1. The van der Waals surface area contributed by atoms with Gasteiger partial charge in [-0.1, -0.05) is 19.8 Å². The molecule has 2 atom stereocenters. The highest BCUT2D eigenvalue weighted by Crippen LogP contribution is 2.24. The standard InChI is InChI=1S/C18H26N4O2/c1-10-7-5-6-8-14(10)20-15(23)9-13-11(2)16-17(19-12(13)3)22(4)21-18(16)24/h10,14H,5-9H2,1-4H3,(H,20,23)(H,21,24)/t10-,14-/m1/s1. The highest BCUT2D eigenvalue weighted by atomic mass is 16.1. The van der Waals surface area contributed by atoms with Crippen LogP contribution in [0, 0.1) is 19.8 Å². The van der Waals surface area contributed by atoms with E-state index in [2.05, 4.69) is 22.3 Å². The molecule has 1 aliphatic carbocycles. The van der Waals surface area contributed by atoms with Gasteiger partial charge in [-0.2, -0.15) is 0 Å². The molecule has 0 saturated heterocycles. The van der Waals surface area contributed by atoms with Crippen LogP contribution in [0.15, 0.2) is 4.79 Å². The van der Waals surface area contributed by atoms with Crippen molar-refractivity contribution in [3.63, 3.8) is 0 Å². The molecule has 2 aromatic heterocycles. The van der Waals surface area contributed by atoms with E-state index in [1.165, 1.54) is 19.3 Å². The van der Waals surface area contributed by atoms with Crippen molar-refractivity contribution >= 4 is 16.9 Å². The molecule has 0 unspecified atom stereocenters. The van der Waals surface area contributed by atoms with Crippen molar-refractivity contribution in [2.45, 2.75) is 58.9 Å². The lowest BCUT2D eigenvalue weighted by Crippen LogP contribution is -2.41. The first-order valence-electron chi connectivity index (χ1n) is 8.72. The molecule has 1 fully saturated rings. The second kappa shape index (κ2) is 6.42. The average Bonchev–Trinajstić information content (AvgIpc) is 2.80. The van der Waals surface area contributed by atoms with Crippen LogP contribution < -0.4 is 10.9 Å². The van der Waals surface area contributed by atoms with Gasteiger partial charge in [0, 0.05) is 18.8 Å². The topological polar surface area (TPSA) is 79.8 Å². The summed E-state index contributed by atoms with van der Waals surface area (Å²) >= 11 is 0. The molecule has 0 aromatic carbocycles. The van der Waals surface area contributed by atoms with Crippen LogP contribution in [0.1, 0.15) is 49.4 Å². The molecule has 0 radical (unpaired) electrons. The fourth-order valence-electron chi connectivity index (χ4n) is 3.86. The second-order valence-corrected chi connectivity index (χ2v) is 7.11. The fourth-order valence-corrected chi connectivity index (χ4v) is 3.86. The number of rotatable bonds is 3. The third-order valence-electron chi connectivity index (χ3n) is 5.37. The Hall–Kier alpha value is -2.11. The molecule has 2 N–H and O–H groups in total. The third-order valence-corrected chi connectivity index (χ3v) is 5.37. The van der Waals surface area contributed by atoms with Gasteiger partial charge >= 0.3 is 0 Å². The van der Waals surface area contributed by atoms with Crippen molar-refractivity contribution in [2.24, 2.45) is 13.0 Å². The summed E-state index contributed by atoms with van der Waals surface area (Å²) in [5, 5.41) is 6.50. The molecular formula is C18H26N4O2. The van der Waals surface area contributed by atoms with Gasteiger partial charge in [0.15, 0.2) is 5.65 Å². The molecule has 0 spiro atoms. The maximum Gasteiger partial charge on any atom is 0.273 e. The van der Waals surface area contributed by atoms with E-state index in [9.17, 15) is 9.59 Å². The van der Waals surface area contributed by atoms with Crippen LogP contribution in [0.2, 0.25) is 0 Å². The number of aryl methyl sites for hydroxylation is 3. The maximum absolute atomic E-state index is 12.5. The lowest BCUT2D eigenvalue weighted by molar-refractivity contribution is -0.121. The zero-order chi connectivity index (χ0) is 17.4. The van der Waals surface area contributed by atoms with Crippen molar-refractivity contribution in [3.8, 4) is 0 Å². The van der Waals surface area contributed by atoms with Gasteiger partial charge in [-0.25, -0.2) is 4.98 Å². The first-order valence-corrected chi connectivity index (χ1v) is 8.72. The first kappa shape index (κ1) is 16.7. The molecule has 2 heterocycles. The fraction of sp³-hybridized carbons (Fsp3) is 0.611. The Morgan fingerprint density at radius 2 is 2.04 bits per heavy atom. The van der Waals surface area contributed by atoms with Crippen molar-refractivity contribution in [1.29, 1.82) is 0 Å². The van der Waals surface area contributed by atoms with E-state index >= 15 is 0 Å². The zero-order valence-corrected chi connectivity index (χ0v) is 14.9. The third kappa shape index (κ3) is 2.97. The number of hydrogen-bond acceptors (Lipinski definition) is 3. The Labute approximate surface area is 141 Å². The molecule has 0 bridgehead atoms. The van der Waals surface area contributed by atoms with Crippen LogP contribution in [-0.4, -0.2) is 26.7 Å². The maximum atomic E-state index is 12.5. The molecule has 130 valence electrons. The summed E-state index contributed by atoms with van der Waals surface area (Å²) in [5.41, 5.74) is 3.01. The summed E-state index contributed by atoms with van der Waals surface area (Å²) < 4.78 is 1.63. The number of carbonyl (C=O) groups is 1. The van der Waals surface area contributed by atoms with Crippen LogP contribution in [-0.2, 0) is 18.3 Å². The number of nitrogens with one attached hydrogen (secondary N) is 2. The Morgan fingerprint density at radius 1 is 1.33 bits per heavy atom. The van der Waals surface area contributed by atoms with Crippen LogP contribution in [0.3, 0.4) is 0 Å². The number of hydrogen-bond donors (Lipinski definition) is 2. The van der Waals surface area contributed by atoms with Crippen molar-refractivity contribution in [2.75, 3.05) is 0 Å². The summed E-state index contributed by atoms with van der Waals surface area (Å²) in [7, 11) is 1.77. The average molecular weight is 330 g/mol. The quantitative estimate of drug-likeness (QED) is 0.904. The number of carbonyl (C=O) groups excluding carboxylic acids is 1. The number of aromatic nitrogens is 3. The lowest BCUT2D eigenvalue weighted by atomic mass is 9.86. The predicted molar refractivity (Wildman–Crippen MR) is 94.1 cm³/mol. The van der Waals surface area contributed by atoms with Crippen molar-refractivity contribution < 1.29 is 4.79 Å². The molecule has 6 heteroatoms. The predicted octanol–water partition coefficient (Wildman–Crippen LogP) is 2.12. The Bertz CT molecular complexity index is 834. The minimum Gasteiger partial charge on any atom is -0.353 e. The molecule has 3 rings (SSSR count). The van der Waals surface area contributed by atoms with E-state index in [0.717, 1.165) is 23.2 Å². The van der Waals surface area contributed by atoms with Crippen LogP contribution in [0.4, 0.5) is 0 Å². The number of pyridine rings is 1. The summed E-state index contributed by atoms with van der Waals surface area (Å²) in [4.78, 5) is 29.2. The molecule has 24 heavy (non-hydrogen) atoms. The smallest absolute Gasteiger partial charge is 0.273 e. The largest absolute Gasteiger partial charge is 0.353 e. The SMILES string of the molecule is Cc1nc2c(c(C)c1CC(=O)N[C@@H]1CCCC[C@H]1C)c(=O)[nH]n2C. The highest BCUT2D eigenvalue weighted by Gasteiger charge is 2.24. The van der Waals surface area contributed by atoms with Crippen molar-refractivity contribution in [3.05, 3.63) is 27.2 Å². The van der Waals surface area contributed by atoms with Crippen LogP contribution >= 0.6 is 0 Å². The van der Waals surface area contributed by atoms with Gasteiger partial charge < -0.3 is 5.32 Å². The second-order valence-electron chi connectivity index (χ2n) is 7.11. The Kier molecular flexibility index (Phi) is 4.47. The van der Waals surface area contributed by atoms with Gasteiger partial charge in [0.1, 0.15) is 0 Å². The molecule has 6 nitrogen and oxygen atoms in total. The number of aromatic amines is 1. The highest BCUT2D eigenvalue weighted by molar-refractivity contribution is 5.84. The van der Waals surface area contributed by atoms with Crippen LogP contribution in [0.25, 0.3) is 11.0 Å². The van der Waals surface area contributed by atoms with Gasteiger partial charge in [-0.3, -0.25) is 19.4 Å². The molecule has 0 aliphatic heterocycles. The van der Waals surface area contributed by atoms with E-state index in [0.29, 0.717) is 17.0 Å². The number of H-pyrrole nitrogens is 1. The van der Waals surface area contributed by atoms with E-state index in [1.54, 1.807) is 11.7 Å². The Morgan fingerprint density at radius 3 is 2.75 bits per heavy atom. The number of nitrogens with zero attached hydrogens (tertiary/aromatic N) is 2.